The Balaban J connectivity index is 2.06. The van der Waals surface area contributed by atoms with Gasteiger partial charge >= 0.3 is 12.1 Å². The summed E-state index contributed by atoms with van der Waals surface area (Å²) in [4.78, 5) is 14.4. The van der Waals surface area contributed by atoms with Crippen LogP contribution in [0.4, 0.5) is 18.9 Å². The number of anilines is 1. The van der Waals surface area contributed by atoms with Gasteiger partial charge in [0, 0.05) is 23.7 Å². The maximum Gasteiger partial charge on any atom is 0.416 e. The Hall–Kier alpha value is -2.78. The Morgan fingerprint density at radius 3 is 2.24 bits per heavy atom. The van der Waals surface area contributed by atoms with Gasteiger partial charge in [-0.1, -0.05) is 38.8 Å². The summed E-state index contributed by atoms with van der Waals surface area (Å²) in [5, 5.41) is 2.69. The van der Waals surface area contributed by atoms with Crippen LogP contribution >= 0.6 is 0 Å². The highest BCUT2D eigenvalue weighted by Gasteiger charge is 2.30. The highest BCUT2D eigenvalue weighted by molar-refractivity contribution is 6.04. The molecular formula is C23H25F3N2O. The summed E-state index contributed by atoms with van der Waals surface area (Å²) in [6, 6.07) is 10.9. The minimum Gasteiger partial charge on any atom is -0.315 e. The summed E-state index contributed by atoms with van der Waals surface area (Å²) in [5.74, 6) is 4.62. The third-order valence-electron chi connectivity index (χ3n) is 4.64. The Morgan fingerprint density at radius 2 is 1.69 bits per heavy atom. The lowest BCUT2D eigenvalue weighted by Gasteiger charge is -2.18. The molecule has 0 bridgehead atoms. The molecule has 2 rings (SSSR count). The van der Waals surface area contributed by atoms with E-state index >= 15 is 0 Å². The smallest absolute Gasteiger partial charge is 0.315 e. The minimum absolute atomic E-state index is 0.392. The molecule has 1 amide bonds. The van der Waals surface area contributed by atoms with Gasteiger partial charge in [-0.25, -0.2) is 0 Å². The number of aryl methyl sites for hydroxylation is 1. The molecule has 0 aromatic heterocycles. The van der Waals surface area contributed by atoms with Crippen molar-refractivity contribution in [3.63, 3.8) is 0 Å². The Labute approximate surface area is 169 Å². The molecule has 2 aromatic rings. The lowest BCUT2D eigenvalue weighted by Crippen LogP contribution is -2.22. The number of nitrogens with one attached hydrogen (secondary N) is 1. The van der Waals surface area contributed by atoms with Crippen molar-refractivity contribution in [2.75, 3.05) is 18.4 Å². The Bertz CT molecular complexity index is 889. The fourth-order valence-corrected chi connectivity index (χ4v) is 2.87. The van der Waals surface area contributed by atoms with Gasteiger partial charge in [0.05, 0.1) is 5.56 Å². The van der Waals surface area contributed by atoms with E-state index in [0.717, 1.165) is 37.3 Å². The van der Waals surface area contributed by atoms with Crippen LogP contribution in [0.1, 0.15) is 43.0 Å². The molecular weight excluding hydrogens is 377 g/mol. The van der Waals surface area contributed by atoms with Crippen molar-refractivity contribution in [2.45, 2.75) is 39.9 Å². The predicted octanol–water partition coefficient (Wildman–Crippen LogP) is 5.10. The molecule has 0 atom stereocenters. The molecule has 2 aromatic carbocycles. The monoisotopic (exact) mass is 402 g/mol. The van der Waals surface area contributed by atoms with Crippen LogP contribution in [0.2, 0.25) is 0 Å². The first-order chi connectivity index (χ1) is 13.8. The number of carbonyl (C=O) groups excluding carboxylic acids is 1. The largest absolute Gasteiger partial charge is 0.416 e. The molecule has 6 heteroatoms. The van der Waals surface area contributed by atoms with Gasteiger partial charge in [0.25, 0.3) is 0 Å². The van der Waals surface area contributed by atoms with Gasteiger partial charge < -0.3 is 5.32 Å². The minimum atomic E-state index is -4.40. The van der Waals surface area contributed by atoms with E-state index in [0.29, 0.717) is 23.2 Å². The van der Waals surface area contributed by atoms with Crippen molar-refractivity contribution in [2.24, 2.45) is 0 Å². The van der Waals surface area contributed by atoms with Crippen molar-refractivity contribution in [3.05, 3.63) is 64.7 Å². The molecule has 0 saturated carbocycles. The van der Waals surface area contributed by atoms with Gasteiger partial charge in [-0.2, -0.15) is 13.2 Å². The normalized spacial score (nSPS) is 11.1. The van der Waals surface area contributed by atoms with Crippen LogP contribution in [0.25, 0.3) is 0 Å². The fourth-order valence-electron chi connectivity index (χ4n) is 2.87. The van der Waals surface area contributed by atoms with Crippen LogP contribution in [0.3, 0.4) is 0 Å². The van der Waals surface area contributed by atoms with Gasteiger partial charge in [-0.05, 0) is 61.0 Å². The molecule has 3 nitrogen and oxygen atoms in total. The Morgan fingerprint density at radius 1 is 1.03 bits per heavy atom. The zero-order valence-electron chi connectivity index (χ0n) is 16.9. The van der Waals surface area contributed by atoms with Crippen molar-refractivity contribution in [3.8, 4) is 11.8 Å². The summed E-state index contributed by atoms with van der Waals surface area (Å²) in [6.45, 7) is 8.74. The summed E-state index contributed by atoms with van der Waals surface area (Å²) >= 11 is 0. The van der Waals surface area contributed by atoms with Crippen molar-refractivity contribution in [1.82, 2.24) is 4.90 Å². The van der Waals surface area contributed by atoms with Crippen LogP contribution < -0.4 is 5.32 Å². The first kappa shape index (κ1) is 22.5. The van der Waals surface area contributed by atoms with Crippen LogP contribution in [0.15, 0.2) is 42.5 Å². The topological polar surface area (TPSA) is 32.3 Å². The van der Waals surface area contributed by atoms with Crippen molar-refractivity contribution < 1.29 is 18.0 Å². The molecule has 0 aliphatic heterocycles. The molecule has 154 valence electrons. The lowest BCUT2D eigenvalue weighted by atomic mass is 10.0. The number of halogens is 3. The first-order valence-electron chi connectivity index (χ1n) is 9.61. The van der Waals surface area contributed by atoms with Gasteiger partial charge in [-0.3, -0.25) is 9.69 Å². The molecule has 29 heavy (non-hydrogen) atoms. The summed E-state index contributed by atoms with van der Waals surface area (Å²) in [7, 11) is 0. The molecule has 0 spiro atoms. The second kappa shape index (κ2) is 10.1. The first-order valence-corrected chi connectivity index (χ1v) is 9.61. The number of benzene rings is 2. The number of amides is 1. The second-order valence-electron chi connectivity index (χ2n) is 6.59. The van der Waals surface area contributed by atoms with E-state index in [1.165, 1.54) is 6.07 Å². The molecule has 0 aliphatic rings. The summed E-state index contributed by atoms with van der Waals surface area (Å²) in [5.41, 5.74) is 1.94. The zero-order chi connectivity index (χ0) is 21.4. The van der Waals surface area contributed by atoms with E-state index in [1.54, 1.807) is 6.92 Å². The third-order valence-corrected chi connectivity index (χ3v) is 4.64. The van der Waals surface area contributed by atoms with Gasteiger partial charge in [0.1, 0.15) is 0 Å². The number of hydrogen-bond donors (Lipinski definition) is 1. The number of alkyl halides is 3. The average Bonchev–Trinajstić information content (AvgIpc) is 2.70. The van der Waals surface area contributed by atoms with Crippen molar-refractivity contribution in [1.29, 1.82) is 0 Å². The molecule has 1 N–H and O–H groups in total. The Kier molecular flexibility index (Phi) is 7.86. The van der Waals surface area contributed by atoms with E-state index in [4.69, 9.17) is 0 Å². The standard InChI is InChI=1S/C23H25F3N2O/c1-4-18-15-20(23(24,25)26)11-9-19(18)10-14-22(29)27-21-12-7-17(8-13-21)16-28(5-2)6-3/h7-9,11-13,15H,4-6,16H2,1-3H3,(H,27,29). The fraction of sp³-hybridized carbons (Fsp3) is 0.348. The molecule has 0 unspecified atom stereocenters. The quantitative estimate of drug-likeness (QED) is 0.682. The molecule has 0 aliphatic carbocycles. The van der Waals surface area contributed by atoms with Gasteiger partial charge in [0.2, 0.25) is 0 Å². The van der Waals surface area contributed by atoms with Gasteiger partial charge in [-0.15, -0.1) is 0 Å². The number of carbonyl (C=O) groups is 1. The number of hydrogen-bond acceptors (Lipinski definition) is 2. The maximum absolute atomic E-state index is 12.8. The predicted molar refractivity (Wildman–Crippen MR) is 109 cm³/mol. The highest BCUT2D eigenvalue weighted by Crippen LogP contribution is 2.30. The number of nitrogens with zero attached hydrogens (tertiary/aromatic N) is 1. The zero-order valence-corrected chi connectivity index (χ0v) is 16.9. The van der Waals surface area contributed by atoms with E-state index < -0.39 is 17.6 Å². The second-order valence-corrected chi connectivity index (χ2v) is 6.59. The van der Waals surface area contributed by atoms with E-state index in [2.05, 4.69) is 35.9 Å². The van der Waals surface area contributed by atoms with Crippen LogP contribution in [-0.2, 0) is 23.9 Å². The SMILES string of the molecule is CCc1cc(C(F)(F)F)ccc1C#CC(=O)Nc1ccc(CN(CC)CC)cc1. The molecule has 0 heterocycles. The van der Waals surface area contributed by atoms with E-state index in [-0.39, 0.29) is 0 Å². The van der Waals surface area contributed by atoms with Crippen LogP contribution in [-0.4, -0.2) is 23.9 Å². The van der Waals surface area contributed by atoms with Crippen LogP contribution in [0, 0.1) is 11.8 Å². The summed E-state index contributed by atoms with van der Waals surface area (Å²) < 4.78 is 38.5. The average molecular weight is 402 g/mol. The molecule has 0 radical (unpaired) electrons. The van der Waals surface area contributed by atoms with Gasteiger partial charge in [0.15, 0.2) is 0 Å². The lowest BCUT2D eigenvalue weighted by molar-refractivity contribution is -0.137. The maximum atomic E-state index is 12.8. The summed E-state index contributed by atoms with van der Waals surface area (Å²) in [6.07, 6.45) is -4.01. The molecule has 0 fully saturated rings. The van der Waals surface area contributed by atoms with E-state index in [9.17, 15) is 18.0 Å². The van der Waals surface area contributed by atoms with Crippen molar-refractivity contribution >= 4 is 11.6 Å². The highest BCUT2D eigenvalue weighted by atomic mass is 19.4. The number of rotatable bonds is 6. The molecule has 0 saturated heterocycles. The van der Waals surface area contributed by atoms with E-state index in [1.807, 2.05) is 24.3 Å². The van der Waals surface area contributed by atoms with Crippen LogP contribution in [0.5, 0.6) is 0 Å². The third kappa shape index (κ3) is 6.65.